The van der Waals surface area contributed by atoms with Crippen LogP contribution < -0.4 is 16.4 Å². The van der Waals surface area contributed by atoms with Crippen LogP contribution >= 0.6 is 0 Å². The van der Waals surface area contributed by atoms with Crippen LogP contribution in [-0.2, 0) is 4.79 Å². The Morgan fingerprint density at radius 2 is 1.26 bits per heavy atom. The first-order valence-electron chi connectivity index (χ1n) is 15.2. The van der Waals surface area contributed by atoms with E-state index >= 15 is 0 Å². The van der Waals surface area contributed by atoms with E-state index in [1.165, 1.54) is 0 Å². The van der Waals surface area contributed by atoms with Crippen LogP contribution in [0, 0.1) is 22.2 Å². The van der Waals surface area contributed by atoms with E-state index < -0.39 is 11.9 Å². The number of carbonyl (C=O) groups excluding carboxylic acids is 1. The SMILES string of the molecule is C=CCCCC(C)(C)C(C#N)N[C@@H](CO)c1ccccc1.C=CCCCC(C)(C)C(N[C@@H](CO)c1ccccc1)C(N)=O. The van der Waals surface area contributed by atoms with Crippen LogP contribution in [0.2, 0.25) is 0 Å². The standard InChI is InChI=1S/C18H28N2O2.C18H26N2O/c1-4-5-9-12-18(2,3)16(17(19)22)20-15(13-21)14-10-7-6-8-11-14;1-4-5-9-12-18(2,3)17(13-19)20-16(14-21)15-10-7-6-8-11-15/h4,6-8,10-11,15-16,20-21H,1,5,9,12-13H2,2-3H3,(H2,19,22);4,6-8,10-11,16-17,20-21H,1,5,9,12,14H2,2-3H3/t15-,16?;16-,17?/m00/s1. The number of nitrogens with two attached hydrogens (primary N) is 1. The lowest BCUT2D eigenvalue weighted by molar-refractivity contribution is -0.123. The van der Waals surface area contributed by atoms with Crippen molar-refractivity contribution in [3.8, 4) is 6.07 Å². The monoisotopic (exact) mass is 590 g/mol. The van der Waals surface area contributed by atoms with Crippen LogP contribution in [0.25, 0.3) is 0 Å². The number of hydrogen-bond acceptors (Lipinski definition) is 6. The summed E-state index contributed by atoms with van der Waals surface area (Å²) in [5.74, 6) is -0.391. The van der Waals surface area contributed by atoms with Crippen molar-refractivity contribution in [1.82, 2.24) is 10.6 Å². The first kappa shape index (κ1) is 37.7. The topological polar surface area (TPSA) is 131 Å². The third-order valence-electron chi connectivity index (χ3n) is 7.94. The summed E-state index contributed by atoms with van der Waals surface area (Å²) in [7, 11) is 0. The smallest absolute Gasteiger partial charge is 0.235 e. The minimum absolute atomic E-state index is 0.0229. The molecule has 4 atom stereocenters. The van der Waals surface area contributed by atoms with E-state index in [1.807, 2.05) is 86.7 Å². The van der Waals surface area contributed by atoms with Crippen molar-refractivity contribution in [3.05, 3.63) is 97.1 Å². The Labute approximate surface area is 259 Å². The lowest BCUT2D eigenvalue weighted by atomic mass is 9.78. The van der Waals surface area contributed by atoms with Gasteiger partial charge in [-0.3, -0.25) is 15.4 Å². The van der Waals surface area contributed by atoms with Gasteiger partial charge < -0.3 is 15.9 Å². The summed E-state index contributed by atoms with van der Waals surface area (Å²) in [5, 5.41) is 35.3. The zero-order valence-corrected chi connectivity index (χ0v) is 26.6. The van der Waals surface area contributed by atoms with E-state index in [4.69, 9.17) is 5.73 Å². The second-order valence-electron chi connectivity index (χ2n) is 12.4. The van der Waals surface area contributed by atoms with Gasteiger partial charge in [-0.25, -0.2) is 0 Å². The molecule has 0 bridgehead atoms. The molecule has 0 aliphatic carbocycles. The Bertz CT molecular complexity index is 1110. The molecule has 0 fully saturated rings. The van der Waals surface area contributed by atoms with Gasteiger partial charge in [-0.15, -0.1) is 13.2 Å². The highest BCUT2D eigenvalue weighted by molar-refractivity contribution is 5.80. The van der Waals surface area contributed by atoms with Crippen LogP contribution in [0.15, 0.2) is 86.0 Å². The highest BCUT2D eigenvalue weighted by Gasteiger charge is 2.35. The molecule has 0 saturated carbocycles. The fraction of sp³-hybridized carbons (Fsp3) is 0.500. The van der Waals surface area contributed by atoms with Gasteiger partial charge in [0.15, 0.2) is 0 Å². The van der Waals surface area contributed by atoms with Crippen molar-refractivity contribution in [1.29, 1.82) is 5.26 Å². The average molecular weight is 591 g/mol. The molecule has 0 saturated heterocycles. The molecule has 0 aliphatic heterocycles. The highest BCUT2D eigenvalue weighted by Crippen LogP contribution is 2.31. The minimum atomic E-state index is -0.505. The molecule has 2 aromatic carbocycles. The van der Waals surface area contributed by atoms with Crippen molar-refractivity contribution in [2.24, 2.45) is 16.6 Å². The van der Waals surface area contributed by atoms with Gasteiger partial charge in [0.2, 0.25) is 5.91 Å². The van der Waals surface area contributed by atoms with Gasteiger partial charge in [0.25, 0.3) is 0 Å². The molecule has 0 aromatic heterocycles. The maximum Gasteiger partial charge on any atom is 0.235 e. The van der Waals surface area contributed by atoms with Gasteiger partial charge in [-0.2, -0.15) is 5.26 Å². The van der Waals surface area contributed by atoms with E-state index in [0.717, 1.165) is 49.7 Å². The number of rotatable bonds is 19. The van der Waals surface area contributed by atoms with Gasteiger partial charge in [-0.1, -0.05) is 101 Å². The summed E-state index contributed by atoms with van der Waals surface area (Å²) in [6.07, 6.45) is 9.43. The molecule has 2 aromatic rings. The Morgan fingerprint density at radius 3 is 1.63 bits per heavy atom. The second-order valence-corrected chi connectivity index (χ2v) is 12.4. The van der Waals surface area contributed by atoms with E-state index in [0.29, 0.717) is 0 Å². The predicted molar refractivity (Wildman–Crippen MR) is 177 cm³/mol. The summed E-state index contributed by atoms with van der Waals surface area (Å²) in [6.45, 7) is 15.6. The predicted octanol–water partition coefficient (Wildman–Crippen LogP) is 6.13. The molecule has 6 N–H and O–H groups in total. The molecule has 7 nitrogen and oxygen atoms in total. The molecule has 2 unspecified atom stereocenters. The zero-order chi connectivity index (χ0) is 32.3. The van der Waals surface area contributed by atoms with Crippen LogP contribution in [0.1, 0.15) is 89.4 Å². The molecular weight excluding hydrogens is 536 g/mol. The van der Waals surface area contributed by atoms with Crippen molar-refractivity contribution in [2.45, 2.75) is 90.4 Å². The minimum Gasteiger partial charge on any atom is -0.394 e. The Kier molecular flexibility index (Phi) is 17.4. The average Bonchev–Trinajstić information content (AvgIpc) is 2.99. The molecule has 7 heteroatoms. The maximum atomic E-state index is 11.9. The summed E-state index contributed by atoms with van der Waals surface area (Å²) in [4.78, 5) is 11.9. The van der Waals surface area contributed by atoms with Gasteiger partial charge in [-0.05, 0) is 60.5 Å². The molecular formula is C36H54N4O3. The Morgan fingerprint density at radius 1 is 0.837 bits per heavy atom. The maximum absolute atomic E-state index is 11.9. The van der Waals surface area contributed by atoms with Gasteiger partial charge in [0, 0.05) is 0 Å². The van der Waals surface area contributed by atoms with E-state index in [9.17, 15) is 20.3 Å². The third kappa shape index (κ3) is 13.3. The van der Waals surface area contributed by atoms with Crippen molar-refractivity contribution >= 4 is 5.91 Å². The number of primary amides is 1. The molecule has 236 valence electrons. The quantitative estimate of drug-likeness (QED) is 0.0988. The van der Waals surface area contributed by atoms with Crippen molar-refractivity contribution in [2.75, 3.05) is 13.2 Å². The van der Waals surface area contributed by atoms with Crippen molar-refractivity contribution < 1.29 is 15.0 Å². The fourth-order valence-electron chi connectivity index (χ4n) is 5.10. The number of carbonyl (C=O) groups is 1. The second kappa shape index (κ2) is 19.8. The molecule has 0 aliphatic rings. The van der Waals surface area contributed by atoms with E-state index in [-0.39, 0.29) is 42.2 Å². The molecule has 1 amide bonds. The molecule has 0 radical (unpaired) electrons. The lowest BCUT2D eigenvalue weighted by Crippen LogP contribution is -2.52. The molecule has 2 rings (SSSR count). The number of hydrogen-bond donors (Lipinski definition) is 5. The number of amides is 1. The first-order valence-corrected chi connectivity index (χ1v) is 15.2. The number of nitriles is 1. The van der Waals surface area contributed by atoms with Gasteiger partial charge >= 0.3 is 0 Å². The Hall–Kier alpha value is -3.28. The molecule has 0 spiro atoms. The summed E-state index contributed by atoms with van der Waals surface area (Å²) in [6, 6.07) is 20.4. The van der Waals surface area contributed by atoms with Crippen LogP contribution in [0.3, 0.4) is 0 Å². The number of unbranched alkanes of at least 4 members (excludes halogenated alkanes) is 2. The van der Waals surface area contributed by atoms with Crippen LogP contribution in [0.4, 0.5) is 0 Å². The lowest BCUT2D eigenvalue weighted by Gasteiger charge is -2.35. The fourth-order valence-corrected chi connectivity index (χ4v) is 5.10. The summed E-state index contributed by atoms with van der Waals surface area (Å²) < 4.78 is 0. The summed E-state index contributed by atoms with van der Waals surface area (Å²) in [5.41, 5.74) is 7.10. The van der Waals surface area contributed by atoms with Gasteiger partial charge in [0.1, 0.15) is 6.04 Å². The number of benzene rings is 2. The molecule has 0 heterocycles. The normalized spacial score (nSPS) is 14.3. The van der Waals surface area contributed by atoms with E-state index in [1.54, 1.807) is 0 Å². The van der Waals surface area contributed by atoms with Gasteiger partial charge in [0.05, 0.1) is 37.4 Å². The van der Waals surface area contributed by atoms with Crippen LogP contribution in [0.5, 0.6) is 0 Å². The zero-order valence-electron chi connectivity index (χ0n) is 26.6. The Balaban J connectivity index is 0.000000430. The van der Waals surface area contributed by atoms with E-state index in [2.05, 4.69) is 43.7 Å². The highest BCUT2D eigenvalue weighted by atomic mass is 16.3. The number of nitrogens with zero attached hydrogens (tertiary/aromatic N) is 1. The molecule has 43 heavy (non-hydrogen) atoms. The summed E-state index contributed by atoms with van der Waals surface area (Å²) >= 11 is 0. The van der Waals surface area contributed by atoms with Crippen LogP contribution in [-0.4, -0.2) is 41.4 Å². The third-order valence-corrected chi connectivity index (χ3v) is 7.94. The first-order chi connectivity index (χ1) is 20.5. The number of aliphatic hydroxyl groups is 2. The number of nitrogens with one attached hydrogen (secondary N) is 2. The largest absolute Gasteiger partial charge is 0.394 e. The number of allylic oxidation sites excluding steroid dienone is 2. The number of aliphatic hydroxyl groups excluding tert-OH is 2. The van der Waals surface area contributed by atoms with Crippen molar-refractivity contribution in [3.63, 3.8) is 0 Å².